The Bertz CT molecular complexity index is 142. The molecule has 0 atom stereocenters. The van der Waals surface area contributed by atoms with Gasteiger partial charge in [-0.15, -0.1) is 0 Å². The average Bonchev–Trinajstić information content (AvgIpc) is 2.35. The van der Waals surface area contributed by atoms with Gasteiger partial charge in [-0.1, -0.05) is 27.2 Å². The summed E-state index contributed by atoms with van der Waals surface area (Å²) in [6.45, 7) is 11.6. The van der Waals surface area contributed by atoms with Gasteiger partial charge in [0, 0.05) is 13.2 Å². The van der Waals surface area contributed by atoms with Crippen LogP contribution in [0.2, 0.25) is 0 Å². The van der Waals surface area contributed by atoms with Crippen molar-refractivity contribution in [1.29, 1.82) is 0 Å². The van der Waals surface area contributed by atoms with Gasteiger partial charge in [0.25, 0.3) is 0 Å². The van der Waals surface area contributed by atoms with E-state index >= 15 is 0 Å². The minimum Gasteiger partial charge on any atom is -0.393 e. The Balaban J connectivity index is 3.45. The molecule has 0 aromatic carbocycles. The molecule has 0 saturated heterocycles. The van der Waals surface area contributed by atoms with Crippen LogP contribution in [0.3, 0.4) is 0 Å². The van der Waals surface area contributed by atoms with E-state index in [1.165, 1.54) is 12.8 Å². The van der Waals surface area contributed by atoms with Crippen molar-refractivity contribution in [3.05, 3.63) is 0 Å². The predicted octanol–water partition coefficient (Wildman–Crippen LogP) is 1.11. The molecule has 0 aromatic rings. The van der Waals surface area contributed by atoms with Crippen LogP contribution in [0.5, 0.6) is 0 Å². The van der Waals surface area contributed by atoms with E-state index in [-0.39, 0.29) is 0 Å². The van der Waals surface area contributed by atoms with Gasteiger partial charge in [-0.05, 0) is 38.9 Å². The van der Waals surface area contributed by atoms with E-state index in [0.29, 0.717) is 0 Å². The summed E-state index contributed by atoms with van der Waals surface area (Å²) in [5.74, 6) is 0. The van der Waals surface area contributed by atoms with Gasteiger partial charge in [0.05, 0.1) is 0 Å². The molecular weight excluding hydrogens is 230 g/mol. The van der Waals surface area contributed by atoms with Crippen molar-refractivity contribution >= 4 is 9.36 Å². The number of hydrogen-bond acceptors (Lipinski definition) is 4. The smallest absolute Gasteiger partial charge is 0.335 e. The Morgan fingerprint density at radius 3 is 2.00 bits per heavy atom. The maximum atomic E-state index is 5.88. The first-order chi connectivity index (χ1) is 8.35. The molecule has 0 aliphatic rings. The van der Waals surface area contributed by atoms with Crippen molar-refractivity contribution in [2.45, 2.75) is 46.5 Å². The van der Waals surface area contributed by atoms with Gasteiger partial charge < -0.3 is 19.7 Å². The number of hydrogen-bond donors (Lipinski definition) is 3. The molecule has 5 heteroatoms. The Morgan fingerprint density at radius 2 is 1.47 bits per heavy atom. The van der Waals surface area contributed by atoms with Crippen LogP contribution in [0.4, 0.5) is 0 Å². The molecule has 0 heterocycles. The monoisotopic (exact) mass is 261 g/mol. The highest BCUT2D eigenvalue weighted by atomic mass is 28.3. The lowest BCUT2D eigenvalue weighted by Gasteiger charge is -2.18. The number of nitrogens with one attached hydrogen (secondary N) is 3. The first-order valence-corrected chi connectivity index (χ1v) is 8.76. The van der Waals surface area contributed by atoms with E-state index in [1.54, 1.807) is 0 Å². The van der Waals surface area contributed by atoms with Crippen LogP contribution < -0.4 is 15.3 Å². The van der Waals surface area contributed by atoms with E-state index in [2.05, 4.69) is 36.1 Å². The zero-order chi connectivity index (χ0) is 12.8. The third-order valence-corrected chi connectivity index (χ3v) is 4.32. The Labute approximate surface area is 109 Å². The van der Waals surface area contributed by atoms with Crippen molar-refractivity contribution in [1.82, 2.24) is 15.3 Å². The van der Waals surface area contributed by atoms with Crippen LogP contribution in [-0.4, -0.2) is 42.1 Å². The Morgan fingerprint density at radius 1 is 0.824 bits per heavy atom. The summed E-state index contributed by atoms with van der Waals surface area (Å²) in [5, 5.41) is 3.40. The first-order valence-electron chi connectivity index (χ1n) is 7.14. The Hall–Kier alpha value is 0.0569. The van der Waals surface area contributed by atoms with Gasteiger partial charge in [0.2, 0.25) is 0 Å². The Kier molecular flexibility index (Phi) is 14.2. The van der Waals surface area contributed by atoms with Crippen LogP contribution in [0.25, 0.3) is 0 Å². The summed E-state index contributed by atoms with van der Waals surface area (Å²) in [5.41, 5.74) is 0. The molecular formula is C12H31N3OSi. The highest BCUT2D eigenvalue weighted by Crippen LogP contribution is 1.84. The number of unbranched alkanes of at least 4 members (excludes halogenated alkanes) is 1. The minimum atomic E-state index is -1.37. The van der Waals surface area contributed by atoms with Crippen LogP contribution in [0.1, 0.15) is 46.5 Å². The number of rotatable bonds is 13. The molecule has 0 bridgehead atoms. The lowest BCUT2D eigenvalue weighted by Crippen LogP contribution is -2.51. The second-order valence-electron chi connectivity index (χ2n) is 4.26. The quantitative estimate of drug-likeness (QED) is 0.343. The fourth-order valence-corrected chi connectivity index (χ4v) is 3.25. The van der Waals surface area contributed by atoms with Crippen LogP contribution >= 0.6 is 0 Å². The standard InChI is InChI=1S/C12H31N3OSi/c1-4-7-10-13-11-12-16-17(14-8-5-2)15-9-6-3/h13-15,17H,4-12H2,1-3H3. The molecule has 0 saturated carbocycles. The second kappa shape index (κ2) is 14.1. The van der Waals surface area contributed by atoms with E-state index < -0.39 is 9.36 Å². The lowest BCUT2D eigenvalue weighted by molar-refractivity contribution is 0.299. The van der Waals surface area contributed by atoms with E-state index in [1.807, 2.05) is 0 Å². The molecule has 3 N–H and O–H groups in total. The molecule has 4 nitrogen and oxygen atoms in total. The van der Waals surface area contributed by atoms with Gasteiger partial charge >= 0.3 is 9.36 Å². The topological polar surface area (TPSA) is 45.3 Å². The highest BCUT2D eigenvalue weighted by Gasteiger charge is 2.09. The molecule has 17 heavy (non-hydrogen) atoms. The van der Waals surface area contributed by atoms with Gasteiger partial charge in [-0.25, -0.2) is 0 Å². The lowest BCUT2D eigenvalue weighted by atomic mass is 10.3. The van der Waals surface area contributed by atoms with Crippen molar-refractivity contribution in [2.24, 2.45) is 0 Å². The van der Waals surface area contributed by atoms with Gasteiger partial charge in [0.1, 0.15) is 0 Å². The zero-order valence-electron chi connectivity index (χ0n) is 11.8. The maximum Gasteiger partial charge on any atom is 0.335 e. The zero-order valence-corrected chi connectivity index (χ0v) is 13.0. The summed E-state index contributed by atoms with van der Waals surface area (Å²) in [6.07, 6.45) is 4.83. The van der Waals surface area contributed by atoms with Gasteiger partial charge in [0.15, 0.2) is 0 Å². The molecule has 0 rings (SSSR count). The largest absolute Gasteiger partial charge is 0.393 e. The normalized spacial score (nSPS) is 11.3. The van der Waals surface area contributed by atoms with Crippen molar-refractivity contribution < 1.29 is 4.43 Å². The van der Waals surface area contributed by atoms with E-state index in [0.717, 1.165) is 45.6 Å². The first kappa shape index (κ1) is 17.1. The van der Waals surface area contributed by atoms with Crippen molar-refractivity contribution in [3.63, 3.8) is 0 Å². The molecule has 0 fully saturated rings. The molecule has 0 radical (unpaired) electrons. The van der Waals surface area contributed by atoms with Crippen LogP contribution in [-0.2, 0) is 4.43 Å². The second-order valence-corrected chi connectivity index (χ2v) is 6.17. The van der Waals surface area contributed by atoms with E-state index in [9.17, 15) is 0 Å². The fraction of sp³-hybridized carbons (Fsp3) is 1.00. The SMILES string of the molecule is CCCCNCCO[SiH](NCCC)NCCC. The van der Waals surface area contributed by atoms with Gasteiger partial charge in [-0.2, -0.15) is 0 Å². The molecule has 0 aromatic heterocycles. The summed E-state index contributed by atoms with van der Waals surface area (Å²) in [4.78, 5) is 6.97. The summed E-state index contributed by atoms with van der Waals surface area (Å²) < 4.78 is 5.88. The minimum absolute atomic E-state index is 0.814. The van der Waals surface area contributed by atoms with Crippen molar-refractivity contribution in [3.8, 4) is 0 Å². The van der Waals surface area contributed by atoms with Crippen LogP contribution in [0, 0.1) is 0 Å². The molecule has 0 unspecified atom stereocenters. The van der Waals surface area contributed by atoms with E-state index in [4.69, 9.17) is 4.43 Å². The fourth-order valence-electron chi connectivity index (χ4n) is 1.42. The third-order valence-electron chi connectivity index (χ3n) is 2.43. The maximum absolute atomic E-state index is 5.88. The average molecular weight is 261 g/mol. The van der Waals surface area contributed by atoms with Gasteiger partial charge in [-0.3, -0.25) is 0 Å². The molecule has 0 aliphatic carbocycles. The summed E-state index contributed by atoms with van der Waals surface area (Å²) in [7, 11) is -1.37. The third kappa shape index (κ3) is 12.3. The molecule has 0 spiro atoms. The summed E-state index contributed by atoms with van der Waals surface area (Å²) in [6, 6.07) is 0. The molecule has 0 amide bonds. The summed E-state index contributed by atoms with van der Waals surface area (Å²) >= 11 is 0. The van der Waals surface area contributed by atoms with Crippen LogP contribution in [0.15, 0.2) is 0 Å². The predicted molar refractivity (Wildman–Crippen MR) is 77.5 cm³/mol. The molecule has 104 valence electrons. The van der Waals surface area contributed by atoms with Crippen molar-refractivity contribution in [2.75, 3.05) is 32.8 Å². The molecule has 0 aliphatic heterocycles. The highest BCUT2D eigenvalue weighted by molar-refractivity contribution is 6.45.